The zero-order chi connectivity index (χ0) is 50.4. The zero-order valence-electron chi connectivity index (χ0n) is 37.8. The molecule has 0 saturated carbocycles. The molecule has 6 rings (SSSR count). The van der Waals surface area contributed by atoms with Crippen LogP contribution in [0.15, 0.2) is 109 Å². The van der Waals surface area contributed by atoms with E-state index in [0.29, 0.717) is 33.4 Å². The van der Waals surface area contributed by atoms with Crippen LogP contribution >= 0.6 is 46.4 Å². The van der Waals surface area contributed by atoms with Gasteiger partial charge in [0.2, 0.25) is 0 Å². The van der Waals surface area contributed by atoms with Crippen molar-refractivity contribution in [3.63, 3.8) is 0 Å². The Morgan fingerprint density at radius 3 is 0.900 bits per heavy atom. The van der Waals surface area contributed by atoms with E-state index in [1.807, 2.05) is 129 Å². The van der Waals surface area contributed by atoms with Gasteiger partial charge in [0, 0.05) is 28.3 Å². The highest BCUT2D eigenvalue weighted by Crippen LogP contribution is 2.53. The molecule has 0 saturated heterocycles. The molecule has 0 amide bonds. The molecule has 5 aromatic carbocycles. The number of hydrogen-bond donors (Lipinski definition) is 0. The Balaban J connectivity index is 1.73. The second kappa shape index (κ2) is 23.8. The number of terminal acetylenes is 8. The summed E-state index contributed by atoms with van der Waals surface area (Å²) in [6.07, 6.45) is 49.4. The van der Waals surface area contributed by atoms with Crippen molar-refractivity contribution in [1.29, 1.82) is 0 Å². The fourth-order valence-corrected chi connectivity index (χ4v) is 9.11. The highest BCUT2D eigenvalue weighted by molar-refractivity contribution is 6.53. The molecule has 10 heteroatoms. The Kier molecular flexibility index (Phi) is 17.4. The summed E-state index contributed by atoms with van der Waals surface area (Å²) >= 11 is 27.7. The van der Waals surface area contributed by atoms with E-state index in [1.165, 1.54) is 0 Å². The Morgan fingerprint density at radius 2 is 0.657 bits per heavy atom. The highest BCUT2D eigenvalue weighted by atomic mass is 35.5. The topological polar surface area (TPSA) is 39.3 Å². The van der Waals surface area contributed by atoms with Crippen LogP contribution in [-0.4, -0.2) is 58.3 Å². The fourth-order valence-electron chi connectivity index (χ4n) is 8.03. The molecular formula is C60H42Cl4N4O2. The SMILES string of the molecule is C#CCN(CC#C)c1ccc(C(=CC2(C=C(c3ccc(N(CC#C)CC#C)cc3)c3ccc(N(CC#C)CC#C)cc3)OC(=O)c3c(Cl)c(Cl)c(Cl)c(Cl)c32)c2ccc(N(CC#C)CC#C)cc2)cc1. The number of hydrogen-bond acceptors (Lipinski definition) is 6. The van der Waals surface area contributed by atoms with Gasteiger partial charge in [0.1, 0.15) is 0 Å². The summed E-state index contributed by atoms with van der Waals surface area (Å²) in [5, 5.41) is -0.352. The van der Waals surface area contributed by atoms with Gasteiger partial charge in [-0.3, -0.25) is 0 Å². The quantitative estimate of drug-likeness (QED) is 0.0377. The van der Waals surface area contributed by atoms with E-state index in [9.17, 15) is 4.79 Å². The van der Waals surface area contributed by atoms with Gasteiger partial charge in [-0.25, -0.2) is 4.79 Å². The first-order valence-electron chi connectivity index (χ1n) is 21.4. The zero-order valence-corrected chi connectivity index (χ0v) is 40.8. The van der Waals surface area contributed by atoms with E-state index < -0.39 is 11.6 Å². The summed E-state index contributed by atoms with van der Waals surface area (Å²) in [4.78, 5) is 22.1. The van der Waals surface area contributed by atoms with Gasteiger partial charge in [-0.2, -0.15) is 0 Å². The molecule has 1 aliphatic heterocycles. The molecule has 342 valence electrons. The number of benzene rings is 5. The molecule has 0 atom stereocenters. The molecule has 70 heavy (non-hydrogen) atoms. The molecule has 0 spiro atoms. The number of cyclic esters (lactones) is 1. The molecule has 1 aliphatic rings. The molecule has 0 aromatic heterocycles. The van der Waals surface area contributed by atoms with Crippen molar-refractivity contribution in [2.24, 2.45) is 0 Å². The summed E-state index contributed by atoms with van der Waals surface area (Å²) in [5.74, 6) is 20.6. The molecule has 0 N–H and O–H groups in total. The van der Waals surface area contributed by atoms with Crippen LogP contribution in [0, 0.1) is 98.8 Å². The van der Waals surface area contributed by atoms with Gasteiger partial charge >= 0.3 is 5.97 Å². The lowest BCUT2D eigenvalue weighted by molar-refractivity contribution is 0.0300. The van der Waals surface area contributed by atoms with E-state index in [4.69, 9.17) is 103 Å². The molecular weight excluding hydrogens is 950 g/mol. The normalized spacial score (nSPS) is 11.5. The van der Waals surface area contributed by atoms with Gasteiger partial charge in [0.15, 0.2) is 5.60 Å². The molecule has 0 fully saturated rings. The maximum absolute atomic E-state index is 14.5. The van der Waals surface area contributed by atoms with Gasteiger partial charge in [-0.05, 0) is 94.1 Å². The van der Waals surface area contributed by atoms with Crippen LogP contribution in [0.5, 0.6) is 0 Å². The summed E-state index contributed by atoms with van der Waals surface area (Å²) in [5.41, 5.74) is 5.49. The number of carbonyl (C=O) groups is 1. The van der Waals surface area contributed by atoms with Gasteiger partial charge in [-0.15, -0.1) is 51.4 Å². The number of halogens is 4. The van der Waals surface area contributed by atoms with Gasteiger partial charge in [0.05, 0.1) is 78.0 Å². The standard InChI is InChI=1S/C60H42Cl4N4O2/c1-9-33-65(34-10-2)47-25-17-43(18-26-47)51(44-19-27-48(28-20-44)66(35-11-3)36-12-4)41-60(54-53(59(69)70-60)55(61)57(63)58(64)56(54)62)42-52(45-21-29-49(30-22-45)67(37-13-5)38-14-6)46-23-31-50(32-24-46)68(39-15-7)40-16-8/h1-8,17-32,41-42H,33-40H2. The first kappa shape index (κ1) is 51.3. The Labute approximate surface area is 432 Å². The first-order chi connectivity index (χ1) is 33.9. The number of anilines is 4. The van der Waals surface area contributed by atoms with Crippen molar-refractivity contribution in [3.05, 3.63) is 163 Å². The predicted molar refractivity (Wildman–Crippen MR) is 293 cm³/mol. The van der Waals surface area contributed by atoms with Crippen LogP contribution in [0.1, 0.15) is 38.2 Å². The number of nitrogens with zero attached hydrogens (tertiary/aromatic N) is 4. The summed E-state index contributed by atoms with van der Waals surface area (Å²) < 4.78 is 6.65. The van der Waals surface area contributed by atoms with Crippen LogP contribution in [0.3, 0.4) is 0 Å². The molecule has 6 nitrogen and oxygen atoms in total. The summed E-state index contributed by atoms with van der Waals surface area (Å²) in [7, 11) is 0. The van der Waals surface area contributed by atoms with Crippen molar-refractivity contribution >= 4 is 86.3 Å². The van der Waals surface area contributed by atoms with Gasteiger partial charge in [0.25, 0.3) is 0 Å². The minimum absolute atomic E-state index is 0.0450. The Hall–Kier alpha value is -8.11. The smallest absolute Gasteiger partial charge is 0.341 e. The first-order valence-corrected chi connectivity index (χ1v) is 22.9. The highest BCUT2D eigenvalue weighted by Gasteiger charge is 2.48. The molecule has 0 radical (unpaired) electrons. The average molecular weight is 993 g/mol. The van der Waals surface area contributed by atoms with Crippen molar-refractivity contribution in [2.45, 2.75) is 5.60 Å². The van der Waals surface area contributed by atoms with E-state index in [0.717, 1.165) is 22.7 Å². The van der Waals surface area contributed by atoms with Crippen molar-refractivity contribution in [1.82, 2.24) is 0 Å². The Bertz CT molecular complexity index is 2790. The summed E-state index contributed by atoms with van der Waals surface area (Å²) in [6, 6.07) is 30.7. The monoisotopic (exact) mass is 990 g/mol. The molecule has 0 aliphatic carbocycles. The fraction of sp³-hybridized carbons (Fsp3) is 0.150. The largest absolute Gasteiger partial charge is 0.442 e. The minimum atomic E-state index is -1.84. The summed E-state index contributed by atoms with van der Waals surface area (Å²) in [6.45, 7) is 2.26. The third-order valence-electron chi connectivity index (χ3n) is 11.3. The van der Waals surface area contributed by atoms with Crippen LogP contribution in [-0.2, 0) is 10.3 Å². The lowest BCUT2D eigenvalue weighted by Gasteiger charge is -2.28. The van der Waals surface area contributed by atoms with E-state index in [2.05, 4.69) is 47.4 Å². The van der Waals surface area contributed by atoms with Crippen LogP contribution in [0.25, 0.3) is 11.1 Å². The maximum Gasteiger partial charge on any atom is 0.341 e. The molecule has 1 heterocycles. The average Bonchev–Trinajstić information content (AvgIpc) is 3.67. The maximum atomic E-state index is 14.5. The number of ether oxygens (including phenoxy) is 1. The van der Waals surface area contributed by atoms with E-state index in [-0.39, 0.29) is 83.6 Å². The van der Waals surface area contributed by atoms with Crippen molar-refractivity contribution in [2.75, 3.05) is 72.0 Å². The molecule has 5 aromatic rings. The lowest BCUT2D eigenvalue weighted by atomic mass is 9.83. The lowest BCUT2D eigenvalue weighted by Crippen LogP contribution is -2.24. The second-order valence-electron chi connectivity index (χ2n) is 15.5. The third kappa shape index (κ3) is 11.1. The predicted octanol–water partition coefficient (Wildman–Crippen LogP) is 11.2. The number of esters is 1. The van der Waals surface area contributed by atoms with Crippen LogP contribution in [0.2, 0.25) is 20.1 Å². The number of rotatable bonds is 18. The van der Waals surface area contributed by atoms with E-state index in [1.54, 1.807) is 0 Å². The second-order valence-corrected chi connectivity index (χ2v) is 17.1. The number of carbonyl (C=O) groups excluding carboxylic acids is 1. The third-order valence-corrected chi connectivity index (χ3v) is 13.1. The molecule has 0 bridgehead atoms. The number of fused-ring (bicyclic) bond motifs is 1. The van der Waals surface area contributed by atoms with Crippen molar-refractivity contribution < 1.29 is 9.53 Å². The Morgan fingerprint density at radius 1 is 0.414 bits per heavy atom. The van der Waals surface area contributed by atoms with Crippen LogP contribution in [0.4, 0.5) is 22.7 Å². The van der Waals surface area contributed by atoms with Crippen LogP contribution < -0.4 is 19.6 Å². The van der Waals surface area contributed by atoms with Gasteiger partial charge in [-0.1, -0.05) is 142 Å². The van der Waals surface area contributed by atoms with E-state index >= 15 is 0 Å². The molecule has 0 unspecified atom stereocenters. The minimum Gasteiger partial charge on any atom is -0.442 e. The van der Waals surface area contributed by atoms with Gasteiger partial charge < -0.3 is 24.3 Å². The van der Waals surface area contributed by atoms with Crippen molar-refractivity contribution in [3.8, 4) is 98.8 Å².